The van der Waals surface area contributed by atoms with Gasteiger partial charge in [-0.05, 0) is 54.1 Å². The molecule has 0 aliphatic rings. The second kappa shape index (κ2) is 7.14. The van der Waals surface area contributed by atoms with Gasteiger partial charge in [-0.15, -0.1) is 0 Å². The van der Waals surface area contributed by atoms with Crippen LogP contribution in [0.25, 0.3) is 0 Å². The first-order chi connectivity index (χ1) is 11.6. The number of hydrogen-bond acceptors (Lipinski definition) is 4. The smallest absolute Gasteiger partial charge is 0.267 e. The van der Waals surface area contributed by atoms with Gasteiger partial charge in [0.2, 0.25) is 0 Å². The lowest BCUT2D eigenvalue weighted by molar-refractivity contribution is 0.0946. The van der Waals surface area contributed by atoms with Gasteiger partial charge >= 0.3 is 0 Å². The lowest BCUT2D eigenvalue weighted by Gasteiger charge is -2.04. The number of hydrogen-bond donors (Lipinski definition) is 4. The van der Waals surface area contributed by atoms with Crippen LogP contribution in [0.4, 0.5) is 0 Å². The van der Waals surface area contributed by atoms with Gasteiger partial charge in [0.05, 0.1) is 5.03 Å². The first-order valence-corrected chi connectivity index (χ1v) is 8.14. The Balaban J connectivity index is 1.60. The number of amides is 1. The van der Waals surface area contributed by atoms with E-state index in [0.717, 1.165) is 15.5 Å². The molecule has 122 valence electrons. The van der Waals surface area contributed by atoms with Crippen molar-refractivity contribution in [3.63, 3.8) is 0 Å². The molecule has 5 nitrogen and oxygen atoms in total. The fourth-order valence-electron chi connectivity index (χ4n) is 2.15. The van der Waals surface area contributed by atoms with Crippen molar-refractivity contribution >= 4 is 17.7 Å². The van der Waals surface area contributed by atoms with Crippen molar-refractivity contribution in [1.82, 2.24) is 10.3 Å². The van der Waals surface area contributed by atoms with Gasteiger partial charge in [-0.2, -0.15) is 0 Å². The van der Waals surface area contributed by atoms with E-state index in [-0.39, 0.29) is 17.4 Å². The highest BCUT2D eigenvalue weighted by Gasteiger charge is 2.09. The number of phenolic OH excluding ortho intramolecular Hbond substituents is 2. The molecule has 0 spiro atoms. The van der Waals surface area contributed by atoms with Crippen molar-refractivity contribution in [2.24, 2.45) is 0 Å². The number of H-pyrrole nitrogens is 1. The van der Waals surface area contributed by atoms with Gasteiger partial charge in [-0.3, -0.25) is 4.79 Å². The van der Waals surface area contributed by atoms with Crippen molar-refractivity contribution in [3.05, 3.63) is 71.9 Å². The molecule has 2 aromatic carbocycles. The Morgan fingerprint density at radius 2 is 1.79 bits per heavy atom. The van der Waals surface area contributed by atoms with Crippen LogP contribution in [0.3, 0.4) is 0 Å². The molecule has 3 rings (SSSR count). The van der Waals surface area contributed by atoms with Crippen LogP contribution in [0.15, 0.2) is 70.6 Å². The molecule has 1 aromatic heterocycles. The van der Waals surface area contributed by atoms with E-state index in [9.17, 15) is 15.0 Å². The highest BCUT2D eigenvalue weighted by atomic mass is 32.2. The summed E-state index contributed by atoms with van der Waals surface area (Å²) in [6.07, 6.45) is 0. The summed E-state index contributed by atoms with van der Waals surface area (Å²) >= 11 is 1.47. The summed E-state index contributed by atoms with van der Waals surface area (Å²) in [5.74, 6) is 0.183. The molecule has 24 heavy (non-hydrogen) atoms. The summed E-state index contributed by atoms with van der Waals surface area (Å²) in [6, 6.07) is 17.2. The van der Waals surface area contributed by atoms with Crippen molar-refractivity contribution in [3.8, 4) is 11.5 Å². The molecule has 0 saturated heterocycles. The Morgan fingerprint density at radius 1 is 1.00 bits per heavy atom. The summed E-state index contributed by atoms with van der Waals surface area (Å²) < 4.78 is 0. The van der Waals surface area contributed by atoms with E-state index >= 15 is 0 Å². The summed E-state index contributed by atoms with van der Waals surface area (Å²) in [4.78, 5) is 16.2. The molecule has 0 radical (unpaired) electrons. The summed E-state index contributed by atoms with van der Waals surface area (Å²) in [5.41, 5.74) is 1.30. The number of aromatic amines is 1. The van der Waals surface area contributed by atoms with Gasteiger partial charge < -0.3 is 20.5 Å². The second-order valence-corrected chi connectivity index (χ2v) is 6.30. The standard InChI is InChI=1S/C18H16N2O3S/c21-13-4-6-15(7-5-13)24-17-9-8-16(20-17)18(23)19-11-12-2-1-3-14(22)10-12/h1-10,20-22H,11H2,(H,19,23). The van der Waals surface area contributed by atoms with Crippen molar-refractivity contribution in [1.29, 1.82) is 0 Å². The maximum atomic E-state index is 12.2. The third-order valence-electron chi connectivity index (χ3n) is 3.33. The number of nitrogens with one attached hydrogen (secondary N) is 2. The van der Waals surface area contributed by atoms with E-state index in [1.807, 2.05) is 24.3 Å². The molecule has 1 heterocycles. The molecular formula is C18H16N2O3S. The molecule has 0 aliphatic carbocycles. The SMILES string of the molecule is O=C(NCc1cccc(O)c1)c1ccc(Sc2ccc(O)cc2)[nH]1. The lowest BCUT2D eigenvalue weighted by Crippen LogP contribution is -2.23. The predicted octanol–water partition coefficient (Wildman–Crippen LogP) is 3.51. The normalized spacial score (nSPS) is 10.5. The van der Waals surface area contributed by atoms with E-state index < -0.39 is 0 Å². The third kappa shape index (κ3) is 4.11. The maximum absolute atomic E-state index is 12.2. The van der Waals surface area contributed by atoms with Crippen LogP contribution in [0.1, 0.15) is 16.1 Å². The average Bonchev–Trinajstić information content (AvgIpc) is 3.03. The minimum Gasteiger partial charge on any atom is -0.508 e. The van der Waals surface area contributed by atoms with Crippen LogP contribution in [-0.4, -0.2) is 21.1 Å². The molecule has 1 amide bonds. The zero-order valence-electron chi connectivity index (χ0n) is 12.7. The van der Waals surface area contributed by atoms with Gasteiger partial charge in [-0.25, -0.2) is 0 Å². The van der Waals surface area contributed by atoms with Crippen LogP contribution in [0.5, 0.6) is 11.5 Å². The Kier molecular flexibility index (Phi) is 4.77. The molecule has 3 aromatic rings. The summed E-state index contributed by atoms with van der Waals surface area (Å²) in [6.45, 7) is 0.340. The zero-order chi connectivity index (χ0) is 16.9. The number of phenols is 2. The Bertz CT molecular complexity index is 843. The molecule has 4 N–H and O–H groups in total. The van der Waals surface area contributed by atoms with E-state index in [0.29, 0.717) is 12.2 Å². The summed E-state index contributed by atoms with van der Waals surface area (Å²) in [7, 11) is 0. The second-order valence-electron chi connectivity index (χ2n) is 5.18. The Morgan fingerprint density at radius 3 is 2.54 bits per heavy atom. The van der Waals surface area contributed by atoms with Gasteiger partial charge in [-0.1, -0.05) is 23.9 Å². The fraction of sp³-hybridized carbons (Fsp3) is 0.0556. The van der Waals surface area contributed by atoms with E-state index in [4.69, 9.17) is 0 Å². The average molecular weight is 340 g/mol. The molecule has 6 heteroatoms. The molecular weight excluding hydrogens is 324 g/mol. The number of rotatable bonds is 5. The predicted molar refractivity (Wildman–Crippen MR) is 92.3 cm³/mol. The minimum atomic E-state index is -0.212. The van der Waals surface area contributed by atoms with Gasteiger partial charge in [0.25, 0.3) is 5.91 Å². The number of aromatic hydroxyl groups is 2. The van der Waals surface area contributed by atoms with Crippen molar-refractivity contribution in [2.75, 3.05) is 0 Å². The number of benzene rings is 2. The van der Waals surface area contributed by atoms with Crippen LogP contribution in [-0.2, 0) is 6.54 Å². The van der Waals surface area contributed by atoms with E-state index in [1.165, 1.54) is 11.8 Å². The Labute approximate surface area is 143 Å². The van der Waals surface area contributed by atoms with Crippen LogP contribution >= 0.6 is 11.8 Å². The highest BCUT2D eigenvalue weighted by molar-refractivity contribution is 7.99. The van der Waals surface area contributed by atoms with Crippen LogP contribution in [0, 0.1) is 0 Å². The molecule has 0 bridgehead atoms. The third-order valence-corrected chi connectivity index (χ3v) is 4.30. The van der Waals surface area contributed by atoms with Crippen LogP contribution < -0.4 is 5.32 Å². The largest absolute Gasteiger partial charge is 0.508 e. The van der Waals surface area contributed by atoms with Gasteiger partial charge in [0.15, 0.2) is 0 Å². The summed E-state index contributed by atoms with van der Waals surface area (Å²) in [5, 5.41) is 22.3. The topological polar surface area (TPSA) is 85.3 Å². The van der Waals surface area contributed by atoms with Gasteiger partial charge in [0.1, 0.15) is 17.2 Å². The maximum Gasteiger partial charge on any atom is 0.267 e. The lowest BCUT2D eigenvalue weighted by atomic mass is 10.2. The molecule has 0 saturated carbocycles. The van der Waals surface area contributed by atoms with E-state index in [2.05, 4.69) is 10.3 Å². The Hall–Kier alpha value is -2.86. The molecule has 0 fully saturated rings. The fourth-order valence-corrected chi connectivity index (χ4v) is 2.98. The number of carbonyl (C=O) groups excluding carboxylic acids is 1. The molecule has 0 aliphatic heterocycles. The first-order valence-electron chi connectivity index (χ1n) is 7.32. The number of carbonyl (C=O) groups is 1. The first kappa shape index (κ1) is 16.0. The van der Waals surface area contributed by atoms with Crippen molar-refractivity contribution in [2.45, 2.75) is 16.5 Å². The monoisotopic (exact) mass is 340 g/mol. The zero-order valence-corrected chi connectivity index (χ0v) is 13.5. The molecule has 0 unspecified atom stereocenters. The quantitative estimate of drug-likeness (QED) is 0.573. The highest BCUT2D eigenvalue weighted by Crippen LogP contribution is 2.28. The van der Waals surface area contributed by atoms with Crippen molar-refractivity contribution < 1.29 is 15.0 Å². The van der Waals surface area contributed by atoms with Crippen LogP contribution in [0.2, 0.25) is 0 Å². The minimum absolute atomic E-state index is 0.175. The van der Waals surface area contributed by atoms with E-state index in [1.54, 1.807) is 36.4 Å². The molecule has 0 atom stereocenters. The van der Waals surface area contributed by atoms with Gasteiger partial charge in [0, 0.05) is 11.4 Å². The number of aromatic nitrogens is 1.